The number of ether oxygens (including phenoxy) is 1. The molecule has 1 aromatic rings. The van der Waals surface area contributed by atoms with E-state index >= 15 is 0 Å². The number of amides is 1. The minimum atomic E-state index is -0.0225. The number of nitrogens with one attached hydrogen (secondary N) is 1. The molecule has 0 atom stereocenters. The van der Waals surface area contributed by atoms with Crippen molar-refractivity contribution >= 4 is 11.7 Å². The summed E-state index contributed by atoms with van der Waals surface area (Å²) < 4.78 is 5.03. The molecular formula is C11H16N2O2. The summed E-state index contributed by atoms with van der Waals surface area (Å²) in [5.41, 5.74) is 0. The molecule has 0 aliphatic rings. The van der Waals surface area contributed by atoms with Crippen molar-refractivity contribution in [1.82, 2.24) is 4.98 Å². The second-order valence-corrected chi connectivity index (χ2v) is 3.73. The molecular weight excluding hydrogens is 192 g/mol. The fourth-order valence-electron chi connectivity index (χ4n) is 1.17. The average molecular weight is 208 g/mol. The lowest BCUT2D eigenvalue weighted by Crippen LogP contribution is -2.14. The summed E-state index contributed by atoms with van der Waals surface area (Å²) in [6.45, 7) is 4.00. The molecule has 0 aliphatic carbocycles. The normalized spacial score (nSPS) is 10.1. The van der Waals surface area contributed by atoms with Crippen molar-refractivity contribution in [2.24, 2.45) is 5.92 Å². The fourth-order valence-corrected chi connectivity index (χ4v) is 1.17. The van der Waals surface area contributed by atoms with Gasteiger partial charge in [0.05, 0.1) is 7.11 Å². The number of aromatic nitrogens is 1. The molecule has 0 unspecified atom stereocenters. The molecule has 1 heterocycles. The number of methoxy groups -OCH3 is 1. The first-order chi connectivity index (χ1) is 7.11. The maximum atomic E-state index is 11.4. The molecule has 1 N–H and O–H groups in total. The Hall–Kier alpha value is -1.58. The van der Waals surface area contributed by atoms with E-state index in [0.717, 1.165) is 0 Å². The fraction of sp³-hybridized carbons (Fsp3) is 0.455. The number of nitrogens with zero attached hydrogens (tertiary/aromatic N) is 1. The van der Waals surface area contributed by atoms with Crippen molar-refractivity contribution in [3.05, 3.63) is 18.3 Å². The zero-order chi connectivity index (χ0) is 11.3. The molecule has 0 saturated carbocycles. The van der Waals surface area contributed by atoms with Crippen molar-refractivity contribution in [2.45, 2.75) is 20.3 Å². The number of hydrogen-bond donors (Lipinski definition) is 1. The first-order valence-corrected chi connectivity index (χ1v) is 4.91. The molecule has 0 aliphatic heterocycles. The van der Waals surface area contributed by atoms with Gasteiger partial charge in [0.2, 0.25) is 5.91 Å². The van der Waals surface area contributed by atoms with E-state index in [1.165, 1.54) is 0 Å². The number of carbonyl (C=O) groups is 1. The Bertz CT molecular complexity index is 337. The van der Waals surface area contributed by atoms with Crippen LogP contribution in [0, 0.1) is 5.92 Å². The Balaban J connectivity index is 2.60. The van der Waals surface area contributed by atoms with Crippen molar-refractivity contribution in [1.29, 1.82) is 0 Å². The van der Waals surface area contributed by atoms with Crippen LogP contribution in [0.5, 0.6) is 5.75 Å². The van der Waals surface area contributed by atoms with Gasteiger partial charge in [-0.1, -0.05) is 13.8 Å². The highest BCUT2D eigenvalue weighted by Gasteiger charge is 2.06. The molecule has 0 radical (unpaired) electrons. The summed E-state index contributed by atoms with van der Waals surface area (Å²) in [4.78, 5) is 15.5. The molecule has 4 nitrogen and oxygen atoms in total. The first-order valence-electron chi connectivity index (χ1n) is 4.91. The number of pyridine rings is 1. The highest BCUT2D eigenvalue weighted by molar-refractivity contribution is 5.89. The van der Waals surface area contributed by atoms with Gasteiger partial charge in [-0.15, -0.1) is 0 Å². The summed E-state index contributed by atoms with van der Waals surface area (Å²) >= 11 is 0. The summed E-state index contributed by atoms with van der Waals surface area (Å²) in [6.07, 6.45) is 2.10. The van der Waals surface area contributed by atoms with E-state index in [9.17, 15) is 4.79 Å². The molecule has 0 saturated heterocycles. The predicted molar refractivity (Wildman–Crippen MR) is 58.9 cm³/mol. The third-order valence-corrected chi connectivity index (χ3v) is 1.83. The van der Waals surface area contributed by atoms with E-state index in [-0.39, 0.29) is 5.91 Å². The quantitative estimate of drug-likeness (QED) is 0.824. The van der Waals surface area contributed by atoms with Gasteiger partial charge < -0.3 is 10.1 Å². The van der Waals surface area contributed by atoms with Gasteiger partial charge in [0.25, 0.3) is 0 Å². The molecule has 1 amide bonds. The van der Waals surface area contributed by atoms with Crippen LogP contribution in [0.4, 0.5) is 5.82 Å². The molecule has 1 rings (SSSR count). The lowest BCUT2D eigenvalue weighted by molar-refractivity contribution is -0.116. The van der Waals surface area contributed by atoms with E-state index < -0.39 is 0 Å². The molecule has 1 aromatic heterocycles. The van der Waals surface area contributed by atoms with Gasteiger partial charge in [-0.05, 0) is 12.0 Å². The number of hydrogen-bond acceptors (Lipinski definition) is 3. The van der Waals surface area contributed by atoms with E-state index in [1.54, 1.807) is 25.4 Å². The molecule has 4 heteroatoms. The summed E-state index contributed by atoms with van der Waals surface area (Å²) in [6, 6.07) is 3.43. The Morgan fingerprint density at radius 1 is 1.60 bits per heavy atom. The van der Waals surface area contributed by atoms with E-state index in [2.05, 4.69) is 10.3 Å². The SMILES string of the molecule is COc1ccnc(NC(=O)CC(C)C)c1. The van der Waals surface area contributed by atoms with Crippen LogP contribution < -0.4 is 10.1 Å². The smallest absolute Gasteiger partial charge is 0.225 e. The van der Waals surface area contributed by atoms with Crippen LogP contribution in [0.1, 0.15) is 20.3 Å². The molecule has 0 spiro atoms. The number of anilines is 1. The van der Waals surface area contributed by atoms with Gasteiger partial charge in [-0.3, -0.25) is 4.79 Å². The average Bonchev–Trinajstić information content (AvgIpc) is 2.16. The predicted octanol–water partition coefficient (Wildman–Crippen LogP) is 2.07. The summed E-state index contributed by atoms with van der Waals surface area (Å²) in [5, 5.41) is 2.72. The molecule has 15 heavy (non-hydrogen) atoms. The van der Waals surface area contributed by atoms with Crippen LogP contribution in [-0.4, -0.2) is 18.0 Å². The van der Waals surface area contributed by atoms with Crippen LogP contribution in [0.25, 0.3) is 0 Å². The van der Waals surface area contributed by atoms with Crippen LogP contribution in [0.15, 0.2) is 18.3 Å². The van der Waals surface area contributed by atoms with Gasteiger partial charge in [0.1, 0.15) is 11.6 Å². The topological polar surface area (TPSA) is 51.2 Å². The maximum Gasteiger partial charge on any atom is 0.225 e. The van der Waals surface area contributed by atoms with Crippen LogP contribution in [0.3, 0.4) is 0 Å². The van der Waals surface area contributed by atoms with Gasteiger partial charge in [0, 0.05) is 18.7 Å². The van der Waals surface area contributed by atoms with Gasteiger partial charge in [0.15, 0.2) is 0 Å². The molecule has 0 fully saturated rings. The van der Waals surface area contributed by atoms with Crippen molar-refractivity contribution in [3.8, 4) is 5.75 Å². The number of carbonyl (C=O) groups excluding carboxylic acids is 1. The number of rotatable bonds is 4. The van der Waals surface area contributed by atoms with Crippen LogP contribution in [0.2, 0.25) is 0 Å². The molecule has 0 aromatic carbocycles. The maximum absolute atomic E-state index is 11.4. The van der Waals surface area contributed by atoms with Crippen molar-refractivity contribution in [3.63, 3.8) is 0 Å². The Kier molecular flexibility index (Phi) is 4.09. The van der Waals surface area contributed by atoms with E-state index in [0.29, 0.717) is 23.9 Å². The summed E-state index contributed by atoms with van der Waals surface area (Å²) in [5.74, 6) is 1.53. The lowest BCUT2D eigenvalue weighted by atomic mass is 10.1. The third kappa shape index (κ3) is 3.97. The van der Waals surface area contributed by atoms with Gasteiger partial charge in [-0.25, -0.2) is 4.98 Å². The van der Waals surface area contributed by atoms with Gasteiger partial charge >= 0.3 is 0 Å². The summed E-state index contributed by atoms with van der Waals surface area (Å²) in [7, 11) is 1.58. The largest absolute Gasteiger partial charge is 0.497 e. The standard InChI is InChI=1S/C11H16N2O2/c1-8(2)6-11(14)13-10-7-9(15-3)4-5-12-10/h4-5,7-8H,6H2,1-3H3,(H,12,13,14). The highest BCUT2D eigenvalue weighted by Crippen LogP contribution is 2.14. The Morgan fingerprint density at radius 2 is 2.33 bits per heavy atom. The van der Waals surface area contributed by atoms with Crippen molar-refractivity contribution in [2.75, 3.05) is 12.4 Å². The Labute approximate surface area is 89.7 Å². The molecule has 82 valence electrons. The van der Waals surface area contributed by atoms with E-state index in [1.807, 2.05) is 13.8 Å². The minimum Gasteiger partial charge on any atom is -0.497 e. The molecule has 0 bridgehead atoms. The van der Waals surface area contributed by atoms with Crippen molar-refractivity contribution < 1.29 is 9.53 Å². The lowest BCUT2D eigenvalue weighted by Gasteiger charge is -2.07. The monoisotopic (exact) mass is 208 g/mol. The zero-order valence-corrected chi connectivity index (χ0v) is 9.28. The highest BCUT2D eigenvalue weighted by atomic mass is 16.5. The Morgan fingerprint density at radius 3 is 2.93 bits per heavy atom. The zero-order valence-electron chi connectivity index (χ0n) is 9.28. The van der Waals surface area contributed by atoms with Gasteiger partial charge in [-0.2, -0.15) is 0 Å². The van der Waals surface area contributed by atoms with E-state index in [4.69, 9.17) is 4.74 Å². The van der Waals surface area contributed by atoms with Crippen LogP contribution in [-0.2, 0) is 4.79 Å². The first kappa shape index (κ1) is 11.5. The second kappa shape index (κ2) is 5.34. The second-order valence-electron chi connectivity index (χ2n) is 3.73. The van der Waals surface area contributed by atoms with Crippen LogP contribution >= 0.6 is 0 Å². The third-order valence-electron chi connectivity index (χ3n) is 1.83. The minimum absolute atomic E-state index is 0.0225.